The van der Waals surface area contributed by atoms with Crippen LogP contribution in [0.5, 0.6) is 0 Å². The van der Waals surface area contributed by atoms with Crippen LogP contribution < -0.4 is 0 Å². The summed E-state index contributed by atoms with van der Waals surface area (Å²) in [6.07, 6.45) is 10.6. The fourth-order valence-electron chi connectivity index (χ4n) is 3.62. The van der Waals surface area contributed by atoms with E-state index in [0.717, 1.165) is 12.8 Å². The SMILES string of the molecule is OC1(c2cccc3c2CCCC3)CCCCC1. The third kappa shape index (κ3) is 2.01. The van der Waals surface area contributed by atoms with Gasteiger partial charge in [-0.05, 0) is 55.2 Å². The molecule has 0 radical (unpaired) electrons. The number of hydrogen-bond donors (Lipinski definition) is 1. The molecule has 2 aliphatic rings. The quantitative estimate of drug-likeness (QED) is 0.779. The first-order valence-electron chi connectivity index (χ1n) is 7.13. The van der Waals surface area contributed by atoms with E-state index in [1.54, 1.807) is 0 Å². The molecule has 1 nitrogen and oxygen atoms in total. The first-order chi connectivity index (χ1) is 8.30. The molecule has 1 fully saturated rings. The molecule has 92 valence electrons. The highest BCUT2D eigenvalue weighted by molar-refractivity contribution is 5.40. The third-order valence-electron chi connectivity index (χ3n) is 4.58. The van der Waals surface area contributed by atoms with Gasteiger partial charge in [0.25, 0.3) is 0 Å². The largest absolute Gasteiger partial charge is 0.385 e. The standard InChI is InChI=1S/C16H22O/c17-16(11-4-1-5-12-16)15-10-6-8-13-7-2-3-9-14(13)15/h6,8,10,17H,1-5,7,9,11-12H2. The van der Waals surface area contributed by atoms with Crippen molar-refractivity contribution in [3.8, 4) is 0 Å². The van der Waals surface area contributed by atoms with Crippen LogP contribution in [0, 0.1) is 0 Å². The summed E-state index contributed by atoms with van der Waals surface area (Å²) in [7, 11) is 0. The second-order valence-corrected chi connectivity index (χ2v) is 5.74. The highest BCUT2D eigenvalue weighted by Gasteiger charge is 2.33. The van der Waals surface area contributed by atoms with E-state index < -0.39 is 5.60 Å². The van der Waals surface area contributed by atoms with Crippen LogP contribution in [-0.4, -0.2) is 5.11 Å². The Balaban J connectivity index is 2.01. The molecule has 1 saturated carbocycles. The molecule has 1 aromatic rings. The average molecular weight is 230 g/mol. The molecule has 3 rings (SSSR count). The summed E-state index contributed by atoms with van der Waals surface area (Å²) in [6, 6.07) is 6.58. The molecular weight excluding hydrogens is 208 g/mol. The monoisotopic (exact) mass is 230 g/mol. The summed E-state index contributed by atoms with van der Waals surface area (Å²) in [5, 5.41) is 10.9. The zero-order valence-electron chi connectivity index (χ0n) is 10.5. The maximum Gasteiger partial charge on any atom is 0.0899 e. The van der Waals surface area contributed by atoms with Gasteiger partial charge < -0.3 is 5.11 Å². The van der Waals surface area contributed by atoms with E-state index in [1.807, 2.05) is 0 Å². The zero-order chi connectivity index (χ0) is 11.7. The van der Waals surface area contributed by atoms with E-state index in [2.05, 4.69) is 18.2 Å². The predicted molar refractivity (Wildman–Crippen MR) is 70.1 cm³/mol. The van der Waals surface area contributed by atoms with Gasteiger partial charge in [0.15, 0.2) is 0 Å². The summed E-state index contributed by atoms with van der Waals surface area (Å²) in [5.74, 6) is 0. The van der Waals surface area contributed by atoms with Crippen molar-refractivity contribution in [3.63, 3.8) is 0 Å². The lowest BCUT2D eigenvalue weighted by molar-refractivity contribution is -0.00159. The summed E-state index contributed by atoms with van der Waals surface area (Å²) in [6.45, 7) is 0. The van der Waals surface area contributed by atoms with E-state index in [9.17, 15) is 5.11 Å². The van der Waals surface area contributed by atoms with Gasteiger partial charge in [0.1, 0.15) is 0 Å². The molecule has 0 unspecified atom stereocenters. The highest BCUT2D eigenvalue weighted by Crippen LogP contribution is 2.40. The molecule has 0 heterocycles. The number of aryl methyl sites for hydroxylation is 1. The van der Waals surface area contributed by atoms with Crippen molar-refractivity contribution in [2.24, 2.45) is 0 Å². The lowest BCUT2D eigenvalue weighted by Gasteiger charge is -2.35. The van der Waals surface area contributed by atoms with Crippen LogP contribution >= 0.6 is 0 Å². The average Bonchev–Trinajstić information content (AvgIpc) is 2.39. The van der Waals surface area contributed by atoms with Gasteiger partial charge in [-0.3, -0.25) is 0 Å². The fourth-order valence-corrected chi connectivity index (χ4v) is 3.62. The Morgan fingerprint density at radius 2 is 1.65 bits per heavy atom. The van der Waals surface area contributed by atoms with Crippen molar-refractivity contribution in [1.82, 2.24) is 0 Å². The van der Waals surface area contributed by atoms with Crippen LogP contribution in [0.2, 0.25) is 0 Å². The van der Waals surface area contributed by atoms with E-state index in [4.69, 9.17) is 0 Å². The Kier molecular flexibility index (Phi) is 2.96. The molecule has 1 heteroatoms. The van der Waals surface area contributed by atoms with Crippen LogP contribution in [0.3, 0.4) is 0 Å². The second-order valence-electron chi connectivity index (χ2n) is 5.74. The van der Waals surface area contributed by atoms with Gasteiger partial charge in [0.2, 0.25) is 0 Å². The van der Waals surface area contributed by atoms with E-state index in [0.29, 0.717) is 0 Å². The lowest BCUT2D eigenvalue weighted by atomic mass is 9.75. The number of aliphatic hydroxyl groups is 1. The van der Waals surface area contributed by atoms with Crippen LogP contribution in [-0.2, 0) is 18.4 Å². The first kappa shape index (κ1) is 11.3. The molecule has 0 bridgehead atoms. The molecule has 0 atom stereocenters. The molecule has 17 heavy (non-hydrogen) atoms. The minimum Gasteiger partial charge on any atom is -0.385 e. The summed E-state index contributed by atoms with van der Waals surface area (Å²) >= 11 is 0. The van der Waals surface area contributed by atoms with Gasteiger partial charge >= 0.3 is 0 Å². The van der Waals surface area contributed by atoms with Crippen molar-refractivity contribution in [2.75, 3.05) is 0 Å². The molecule has 0 saturated heterocycles. The van der Waals surface area contributed by atoms with Crippen LogP contribution in [0.15, 0.2) is 18.2 Å². The normalized spacial score (nSPS) is 23.1. The van der Waals surface area contributed by atoms with Gasteiger partial charge in [-0.15, -0.1) is 0 Å². The second kappa shape index (κ2) is 4.45. The van der Waals surface area contributed by atoms with Crippen molar-refractivity contribution in [2.45, 2.75) is 63.4 Å². The van der Waals surface area contributed by atoms with Crippen molar-refractivity contribution >= 4 is 0 Å². The summed E-state index contributed by atoms with van der Waals surface area (Å²) in [5.41, 5.74) is 3.71. The van der Waals surface area contributed by atoms with Gasteiger partial charge in [0.05, 0.1) is 5.60 Å². The Bertz CT molecular complexity index is 402. The summed E-state index contributed by atoms with van der Waals surface area (Å²) in [4.78, 5) is 0. The number of hydrogen-bond acceptors (Lipinski definition) is 1. The van der Waals surface area contributed by atoms with Crippen LogP contribution in [0.4, 0.5) is 0 Å². The Morgan fingerprint density at radius 1 is 0.882 bits per heavy atom. The van der Waals surface area contributed by atoms with Gasteiger partial charge in [0, 0.05) is 0 Å². The van der Waals surface area contributed by atoms with Crippen molar-refractivity contribution in [1.29, 1.82) is 0 Å². The Labute approximate surface area is 104 Å². The molecule has 0 spiro atoms. The molecule has 0 aromatic heterocycles. The molecule has 0 amide bonds. The van der Waals surface area contributed by atoms with E-state index in [-0.39, 0.29) is 0 Å². The van der Waals surface area contributed by atoms with Crippen LogP contribution in [0.1, 0.15) is 61.6 Å². The first-order valence-corrected chi connectivity index (χ1v) is 7.13. The maximum atomic E-state index is 10.9. The molecule has 0 aliphatic heterocycles. The van der Waals surface area contributed by atoms with Gasteiger partial charge in [-0.1, -0.05) is 37.5 Å². The minimum absolute atomic E-state index is 0.513. The fraction of sp³-hybridized carbons (Fsp3) is 0.625. The van der Waals surface area contributed by atoms with Crippen LogP contribution in [0.25, 0.3) is 0 Å². The molecule has 2 aliphatic carbocycles. The van der Waals surface area contributed by atoms with E-state index in [1.165, 1.54) is 61.6 Å². The van der Waals surface area contributed by atoms with Gasteiger partial charge in [-0.2, -0.15) is 0 Å². The Hall–Kier alpha value is -0.820. The Morgan fingerprint density at radius 3 is 2.47 bits per heavy atom. The predicted octanol–water partition coefficient (Wildman–Crippen LogP) is 3.72. The molecular formula is C16H22O. The topological polar surface area (TPSA) is 20.2 Å². The van der Waals surface area contributed by atoms with Crippen molar-refractivity contribution in [3.05, 3.63) is 34.9 Å². The van der Waals surface area contributed by atoms with Crippen molar-refractivity contribution < 1.29 is 5.11 Å². The van der Waals surface area contributed by atoms with E-state index >= 15 is 0 Å². The third-order valence-corrected chi connectivity index (χ3v) is 4.58. The maximum absolute atomic E-state index is 10.9. The lowest BCUT2D eigenvalue weighted by Crippen LogP contribution is -2.30. The summed E-state index contributed by atoms with van der Waals surface area (Å²) < 4.78 is 0. The molecule has 1 N–H and O–H groups in total. The number of fused-ring (bicyclic) bond motifs is 1. The minimum atomic E-state index is -0.513. The number of rotatable bonds is 1. The smallest absolute Gasteiger partial charge is 0.0899 e. The highest BCUT2D eigenvalue weighted by atomic mass is 16.3. The molecule has 1 aromatic carbocycles. The van der Waals surface area contributed by atoms with Gasteiger partial charge in [-0.25, -0.2) is 0 Å². The zero-order valence-corrected chi connectivity index (χ0v) is 10.5. The number of benzene rings is 1.